The summed E-state index contributed by atoms with van der Waals surface area (Å²) in [6.45, 7) is 5.12. The van der Waals surface area contributed by atoms with E-state index in [0.29, 0.717) is 6.54 Å². The van der Waals surface area contributed by atoms with Crippen LogP contribution in [0.1, 0.15) is 24.1 Å². The summed E-state index contributed by atoms with van der Waals surface area (Å²) in [4.78, 5) is 24.9. The zero-order valence-electron chi connectivity index (χ0n) is 11.9. The van der Waals surface area contributed by atoms with Crippen LogP contribution in [-0.2, 0) is 14.3 Å². The van der Waals surface area contributed by atoms with Crippen LogP contribution in [0.2, 0.25) is 0 Å². The first-order valence-electron chi connectivity index (χ1n) is 6.83. The van der Waals surface area contributed by atoms with Gasteiger partial charge in [-0.1, -0.05) is 31.2 Å². The summed E-state index contributed by atoms with van der Waals surface area (Å²) in [5.74, 6) is -0.532. The van der Waals surface area contributed by atoms with Gasteiger partial charge in [0.25, 0.3) is 11.8 Å². The minimum atomic E-state index is -0.266. The highest BCUT2D eigenvalue weighted by Gasteiger charge is 2.29. The van der Waals surface area contributed by atoms with E-state index in [4.69, 9.17) is 4.74 Å². The van der Waals surface area contributed by atoms with Gasteiger partial charge in [0.15, 0.2) is 0 Å². The number of hydrogen-bond donors (Lipinski definition) is 1. The fourth-order valence-electron chi connectivity index (χ4n) is 2.40. The fourth-order valence-corrected chi connectivity index (χ4v) is 2.40. The molecule has 1 N–H and O–H groups in total. The van der Waals surface area contributed by atoms with E-state index in [0.717, 1.165) is 17.7 Å². The van der Waals surface area contributed by atoms with Gasteiger partial charge in [0.05, 0.1) is 6.04 Å². The van der Waals surface area contributed by atoms with Crippen molar-refractivity contribution in [3.05, 3.63) is 35.4 Å². The molecule has 0 radical (unpaired) electrons. The zero-order valence-corrected chi connectivity index (χ0v) is 11.9. The van der Waals surface area contributed by atoms with Gasteiger partial charge in [0, 0.05) is 6.54 Å². The minimum absolute atomic E-state index is 0.0155. The molecule has 1 unspecified atom stereocenters. The Labute approximate surface area is 118 Å². The summed E-state index contributed by atoms with van der Waals surface area (Å²) in [5.41, 5.74) is 2.26. The second-order valence-corrected chi connectivity index (χ2v) is 4.86. The van der Waals surface area contributed by atoms with Crippen molar-refractivity contribution in [2.45, 2.75) is 19.9 Å². The first kappa shape index (κ1) is 14.7. The molecule has 1 aromatic carbocycles. The lowest BCUT2D eigenvalue weighted by molar-refractivity contribution is -0.158. The molecule has 1 aromatic rings. The van der Waals surface area contributed by atoms with E-state index >= 15 is 0 Å². The molecule has 1 saturated heterocycles. The van der Waals surface area contributed by atoms with E-state index in [1.807, 2.05) is 38.1 Å². The average molecular weight is 276 g/mol. The summed E-state index contributed by atoms with van der Waals surface area (Å²) >= 11 is 0. The molecular weight excluding hydrogens is 256 g/mol. The van der Waals surface area contributed by atoms with E-state index in [1.165, 1.54) is 4.90 Å². The highest BCUT2D eigenvalue weighted by molar-refractivity contribution is 5.98. The molecule has 2 rings (SSSR count). The maximum atomic E-state index is 11.8. The Morgan fingerprint density at radius 2 is 1.90 bits per heavy atom. The van der Waals surface area contributed by atoms with Crippen molar-refractivity contribution in [2.75, 3.05) is 26.3 Å². The van der Waals surface area contributed by atoms with E-state index < -0.39 is 0 Å². The number of likely N-dealkylation sites (N-methyl/N-ethyl adjacent to an activating group) is 1. The number of amides is 2. The van der Waals surface area contributed by atoms with Crippen molar-refractivity contribution in [1.29, 1.82) is 0 Å². The SMILES string of the molecule is CCNC(CN1C(=O)COCC1=O)c1ccccc1C. The average Bonchev–Trinajstić information content (AvgIpc) is 2.43. The fraction of sp³-hybridized carbons (Fsp3) is 0.467. The molecule has 0 bridgehead atoms. The summed E-state index contributed by atoms with van der Waals surface area (Å²) in [6, 6.07) is 7.95. The number of rotatable bonds is 5. The smallest absolute Gasteiger partial charge is 0.255 e. The number of morpholine rings is 1. The monoisotopic (exact) mass is 276 g/mol. The molecule has 1 aliphatic heterocycles. The van der Waals surface area contributed by atoms with Gasteiger partial charge in [0.1, 0.15) is 13.2 Å². The molecule has 5 nitrogen and oxygen atoms in total. The minimum Gasteiger partial charge on any atom is -0.362 e. The molecule has 1 aliphatic rings. The molecule has 5 heteroatoms. The van der Waals surface area contributed by atoms with Crippen molar-refractivity contribution in [1.82, 2.24) is 10.2 Å². The number of hydrogen-bond acceptors (Lipinski definition) is 4. The maximum Gasteiger partial charge on any atom is 0.255 e. The van der Waals surface area contributed by atoms with E-state index in [2.05, 4.69) is 5.32 Å². The van der Waals surface area contributed by atoms with Crippen molar-refractivity contribution in [3.8, 4) is 0 Å². The number of aryl methyl sites for hydroxylation is 1. The number of carbonyl (C=O) groups is 2. The summed E-state index contributed by atoms with van der Waals surface area (Å²) < 4.78 is 4.93. The van der Waals surface area contributed by atoms with Crippen LogP contribution in [0.4, 0.5) is 0 Å². The number of nitrogens with one attached hydrogen (secondary N) is 1. The Morgan fingerprint density at radius 3 is 2.50 bits per heavy atom. The molecule has 0 aliphatic carbocycles. The van der Waals surface area contributed by atoms with E-state index in [9.17, 15) is 9.59 Å². The van der Waals surface area contributed by atoms with Crippen LogP contribution in [0.3, 0.4) is 0 Å². The van der Waals surface area contributed by atoms with Gasteiger partial charge >= 0.3 is 0 Å². The predicted octanol–water partition coefficient (Wildman–Crippen LogP) is 1.03. The van der Waals surface area contributed by atoms with Crippen LogP contribution in [-0.4, -0.2) is 43.0 Å². The Balaban J connectivity index is 2.19. The zero-order chi connectivity index (χ0) is 14.5. The van der Waals surface area contributed by atoms with Gasteiger partial charge in [-0.25, -0.2) is 0 Å². The van der Waals surface area contributed by atoms with Gasteiger partial charge in [-0.2, -0.15) is 0 Å². The van der Waals surface area contributed by atoms with Crippen molar-refractivity contribution >= 4 is 11.8 Å². The highest BCUT2D eigenvalue weighted by atomic mass is 16.5. The van der Waals surface area contributed by atoms with Crippen LogP contribution in [0.25, 0.3) is 0 Å². The molecule has 0 spiro atoms. The van der Waals surface area contributed by atoms with Gasteiger partial charge in [-0.3, -0.25) is 14.5 Å². The van der Waals surface area contributed by atoms with Gasteiger partial charge < -0.3 is 10.1 Å². The summed E-state index contributed by atoms with van der Waals surface area (Å²) in [5, 5.41) is 3.34. The topological polar surface area (TPSA) is 58.6 Å². The van der Waals surface area contributed by atoms with Crippen molar-refractivity contribution in [3.63, 3.8) is 0 Å². The number of benzene rings is 1. The largest absolute Gasteiger partial charge is 0.362 e. The number of ether oxygens (including phenoxy) is 1. The summed E-state index contributed by atoms with van der Waals surface area (Å²) in [7, 11) is 0. The van der Waals surface area contributed by atoms with Crippen LogP contribution < -0.4 is 5.32 Å². The second kappa shape index (κ2) is 6.63. The third-order valence-corrected chi connectivity index (χ3v) is 3.43. The standard InChI is InChI=1S/C15H20N2O3/c1-3-16-13(12-7-5-4-6-11(12)2)8-17-14(18)9-20-10-15(17)19/h4-7,13,16H,3,8-10H2,1-2H3. The second-order valence-electron chi connectivity index (χ2n) is 4.86. The lowest BCUT2D eigenvalue weighted by Crippen LogP contribution is -2.49. The number of nitrogens with zero attached hydrogens (tertiary/aromatic N) is 1. The first-order chi connectivity index (χ1) is 9.63. The third-order valence-electron chi connectivity index (χ3n) is 3.43. The van der Waals surface area contributed by atoms with Crippen LogP contribution >= 0.6 is 0 Å². The molecule has 2 amide bonds. The van der Waals surface area contributed by atoms with E-state index in [1.54, 1.807) is 0 Å². The third kappa shape index (κ3) is 3.23. The molecule has 108 valence electrons. The molecule has 20 heavy (non-hydrogen) atoms. The van der Waals surface area contributed by atoms with Crippen LogP contribution in [0.5, 0.6) is 0 Å². The van der Waals surface area contributed by atoms with Gasteiger partial charge in [-0.15, -0.1) is 0 Å². The Kier molecular flexibility index (Phi) is 4.87. The predicted molar refractivity (Wildman–Crippen MR) is 75.1 cm³/mol. The highest BCUT2D eigenvalue weighted by Crippen LogP contribution is 2.19. The van der Waals surface area contributed by atoms with Crippen molar-refractivity contribution < 1.29 is 14.3 Å². The first-order valence-corrected chi connectivity index (χ1v) is 6.83. The number of imide groups is 1. The van der Waals surface area contributed by atoms with Gasteiger partial charge in [0.2, 0.25) is 0 Å². The number of carbonyl (C=O) groups excluding carboxylic acids is 2. The Hall–Kier alpha value is -1.72. The van der Waals surface area contributed by atoms with Crippen LogP contribution in [0, 0.1) is 6.92 Å². The molecule has 1 fully saturated rings. The molecule has 1 heterocycles. The Morgan fingerprint density at radius 1 is 1.25 bits per heavy atom. The van der Waals surface area contributed by atoms with E-state index in [-0.39, 0.29) is 31.1 Å². The van der Waals surface area contributed by atoms with Crippen LogP contribution in [0.15, 0.2) is 24.3 Å². The van der Waals surface area contributed by atoms with Crippen molar-refractivity contribution in [2.24, 2.45) is 0 Å². The normalized spacial score (nSPS) is 17.4. The maximum absolute atomic E-state index is 11.8. The quantitative estimate of drug-likeness (QED) is 0.816. The summed E-state index contributed by atoms with van der Waals surface area (Å²) in [6.07, 6.45) is 0. The van der Waals surface area contributed by atoms with Gasteiger partial charge in [-0.05, 0) is 24.6 Å². The molecule has 0 aromatic heterocycles. The lowest BCUT2D eigenvalue weighted by Gasteiger charge is -2.30. The molecular formula is C15H20N2O3. The lowest BCUT2D eigenvalue weighted by atomic mass is 10.0. The molecule has 0 saturated carbocycles. The Bertz CT molecular complexity index is 486. The molecule has 1 atom stereocenters.